The highest BCUT2D eigenvalue weighted by molar-refractivity contribution is 5.31. The van der Waals surface area contributed by atoms with Gasteiger partial charge in [-0.25, -0.2) is 0 Å². The van der Waals surface area contributed by atoms with E-state index in [1.165, 1.54) is 0 Å². The number of nitrogens with one attached hydrogen (secondary N) is 1. The van der Waals surface area contributed by atoms with E-state index < -0.39 is 6.10 Å². The molecule has 0 saturated heterocycles. The Kier molecular flexibility index (Phi) is 5.01. The van der Waals surface area contributed by atoms with E-state index in [0.717, 1.165) is 16.9 Å². The summed E-state index contributed by atoms with van der Waals surface area (Å²) in [6.45, 7) is 3.43. The van der Waals surface area contributed by atoms with E-state index in [1.807, 2.05) is 37.3 Å². The fourth-order valence-electron chi connectivity index (χ4n) is 1.74. The number of rotatable bonds is 7. The van der Waals surface area contributed by atoms with Gasteiger partial charge < -0.3 is 19.6 Å². The highest BCUT2D eigenvalue weighted by Gasteiger charge is 2.06. The minimum Gasteiger partial charge on any atom is -0.491 e. The second kappa shape index (κ2) is 6.97. The molecule has 1 heterocycles. The summed E-state index contributed by atoms with van der Waals surface area (Å²) in [5.74, 6) is 0.816. The van der Waals surface area contributed by atoms with Crippen molar-refractivity contribution in [2.45, 2.75) is 19.6 Å². The molecule has 1 aromatic heterocycles. The minimum atomic E-state index is -0.536. The van der Waals surface area contributed by atoms with Crippen molar-refractivity contribution in [2.75, 3.05) is 13.2 Å². The summed E-state index contributed by atoms with van der Waals surface area (Å²) >= 11 is 0. The SMILES string of the molecule is Cc1ccccc1OCC(O)CNCc1ccoc1. The van der Waals surface area contributed by atoms with E-state index in [9.17, 15) is 5.11 Å². The van der Waals surface area contributed by atoms with E-state index in [1.54, 1.807) is 12.5 Å². The van der Waals surface area contributed by atoms with Crippen LogP contribution in [-0.2, 0) is 6.54 Å². The van der Waals surface area contributed by atoms with Crippen molar-refractivity contribution in [3.8, 4) is 5.75 Å². The number of aliphatic hydroxyl groups is 1. The van der Waals surface area contributed by atoms with Gasteiger partial charge in [-0.15, -0.1) is 0 Å². The molecule has 19 heavy (non-hydrogen) atoms. The van der Waals surface area contributed by atoms with Crippen molar-refractivity contribution in [3.63, 3.8) is 0 Å². The van der Waals surface area contributed by atoms with E-state index in [0.29, 0.717) is 13.1 Å². The van der Waals surface area contributed by atoms with Crippen molar-refractivity contribution in [3.05, 3.63) is 54.0 Å². The number of aryl methyl sites for hydroxylation is 1. The average Bonchev–Trinajstić information content (AvgIpc) is 2.91. The normalized spacial score (nSPS) is 12.3. The Morgan fingerprint density at radius 2 is 2.16 bits per heavy atom. The summed E-state index contributed by atoms with van der Waals surface area (Å²) in [4.78, 5) is 0. The fourth-order valence-corrected chi connectivity index (χ4v) is 1.74. The quantitative estimate of drug-likeness (QED) is 0.801. The Hall–Kier alpha value is -1.78. The zero-order chi connectivity index (χ0) is 13.5. The summed E-state index contributed by atoms with van der Waals surface area (Å²) in [6.07, 6.45) is 2.78. The molecule has 0 aliphatic rings. The van der Waals surface area contributed by atoms with Gasteiger partial charge >= 0.3 is 0 Å². The van der Waals surface area contributed by atoms with Crippen LogP contribution < -0.4 is 10.1 Å². The number of furan rings is 1. The zero-order valence-corrected chi connectivity index (χ0v) is 11.0. The third-order valence-electron chi connectivity index (χ3n) is 2.81. The average molecular weight is 261 g/mol. The van der Waals surface area contributed by atoms with E-state index >= 15 is 0 Å². The van der Waals surface area contributed by atoms with Gasteiger partial charge in [0.15, 0.2) is 0 Å². The number of hydrogen-bond donors (Lipinski definition) is 2. The molecule has 4 nitrogen and oxygen atoms in total. The smallest absolute Gasteiger partial charge is 0.122 e. The van der Waals surface area contributed by atoms with Crippen molar-refractivity contribution in [1.82, 2.24) is 5.32 Å². The van der Waals surface area contributed by atoms with Crippen molar-refractivity contribution < 1.29 is 14.3 Å². The third-order valence-corrected chi connectivity index (χ3v) is 2.81. The minimum absolute atomic E-state index is 0.281. The van der Waals surface area contributed by atoms with Gasteiger partial charge in [0, 0.05) is 18.7 Å². The molecule has 4 heteroatoms. The van der Waals surface area contributed by atoms with Crippen LogP contribution in [-0.4, -0.2) is 24.4 Å². The Balaban J connectivity index is 1.67. The molecule has 1 aromatic carbocycles. The Morgan fingerprint density at radius 1 is 1.32 bits per heavy atom. The van der Waals surface area contributed by atoms with Crippen LogP contribution in [0.3, 0.4) is 0 Å². The van der Waals surface area contributed by atoms with Crippen LogP contribution in [0.4, 0.5) is 0 Å². The molecule has 0 spiro atoms. The first kappa shape index (κ1) is 13.6. The van der Waals surface area contributed by atoms with Crippen LogP contribution in [0.2, 0.25) is 0 Å². The van der Waals surface area contributed by atoms with Gasteiger partial charge in [-0.3, -0.25) is 0 Å². The van der Waals surface area contributed by atoms with Crippen molar-refractivity contribution in [2.24, 2.45) is 0 Å². The number of ether oxygens (including phenoxy) is 1. The molecule has 1 unspecified atom stereocenters. The molecular formula is C15H19NO3. The molecule has 102 valence electrons. The van der Waals surface area contributed by atoms with E-state index in [2.05, 4.69) is 5.32 Å². The predicted molar refractivity (Wildman–Crippen MR) is 73.1 cm³/mol. The standard InChI is InChI=1S/C15H19NO3/c1-12-4-2-3-5-15(12)19-11-14(17)9-16-8-13-6-7-18-10-13/h2-7,10,14,16-17H,8-9,11H2,1H3. The first-order chi connectivity index (χ1) is 9.25. The highest BCUT2D eigenvalue weighted by atomic mass is 16.5. The zero-order valence-electron chi connectivity index (χ0n) is 11.0. The van der Waals surface area contributed by atoms with Gasteiger partial charge in [-0.1, -0.05) is 18.2 Å². The van der Waals surface area contributed by atoms with Gasteiger partial charge in [0.2, 0.25) is 0 Å². The number of benzene rings is 1. The van der Waals surface area contributed by atoms with Gasteiger partial charge in [-0.2, -0.15) is 0 Å². The van der Waals surface area contributed by atoms with Crippen LogP contribution in [0.5, 0.6) is 5.75 Å². The summed E-state index contributed by atoms with van der Waals surface area (Å²) in [5, 5.41) is 13.0. The molecule has 0 fully saturated rings. The lowest BCUT2D eigenvalue weighted by molar-refractivity contribution is 0.106. The third kappa shape index (κ3) is 4.43. The van der Waals surface area contributed by atoms with Crippen LogP contribution in [0.15, 0.2) is 47.3 Å². The number of hydrogen-bond acceptors (Lipinski definition) is 4. The molecule has 0 amide bonds. The van der Waals surface area contributed by atoms with Gasteiger partial charge in [0.25, 0.3) is 0 Å². The second-order valence-corrected chi connectivity index (χ2v) is 4.49. The lowest BCUT2D eigenvalue weighted by atomic mass is 10.2. The van der Waals surface area contributed by atoms with Crippen LogP contribution in [0.25, 0.3) is 0 Å². The molecule has 0 aliphatic heterocycles. The molecule has 0 bridgehead atoms. The molecule has 0 aliphatic carbocycles. The Labute approximate surface area is 113 Å². The maximum atomic E-state index is 9.82. The van der Waals surface area contributed by atoms with Crippen molar-refractivity contribution in [1.29, 1.82) is 0 Å². The monoisotopic (exact) mass is 261 g/mol. The summed E-state index contributed by atoms with van der Waals surface area (Å²) < 4.78 is 10.5. The molecule has 2 N–H and O–H groups in total. The molecular weight excluding hydrogens is 242 g/mol. The second-order valence-electron chi connectivity index (χ2n) is 4.49. The van der Waals surface area contributed by atoms with Gasteiger partial charge in [-0.05, 0) is 24.6 Å². The summed E-state index contributed by atoms with van der Waals surface area (Å²) in [5.41, 5.74) is 2.13. The summed E-state index contributed by atoms with van der Waals surface area (Å²) in [6, 6.07) is 9.67. The Bertz CT molecular complexity index is 482. The van der Waals surface area contributed by atoms with Crippen LogP contribution in [0.1, 0.15) is 11.1 Å². The topological polar surface area (TPSA) is 54.6 Å². The van der Waals surface area contributed by atoms with E-state index in [-0.39, 0.29) is 6.61 Å². The molecule has 0 saturated carbocycles. The first-order valence-electron chi connectivity index (χ1n) is 6.34. The highest BCUT2D eigenvalue weighted by Crippen LogP contribution is 2.16. The lowest BCUT2D eigenvalue weighted by Crippen LogP contribution is -2.31. The van der Waals surface area contributed by atoms with Crippen molar-refractivity contribution >= 4 is 0 Å². The fraction of sp³-hybridized carbons (Fsp3) is 0.333. The van der Waals surface area contributed by atoms with Crippen LogP contribution in [0, 0.1) is 6.92 Å². The van der Waals surface area contributed by atoms with Gasteiger partial charge in [0.05, 0.1) is 12.5 Å². The van der Waals surface area contributed by atoms with Gasteiger partial charge in [0.1, 0.15) is 18.5 Å². The summed E-state index contributed by atoms with van der Waals surface area (Å²) in [7, 11) is 0. The van der Waals surface area contributed by atoms with Crippen LogP contribution >= 0.6 is 0 Å². The molecule has 1 atom stereocenters. The Morgan fingerprint density at radius 3 is 2.89 bits per heavy atom. The molecule has 0 radical (unpaired) electrons. The predicted octanol–water partition coefficient (Wildman–Crippen LogP) is 2.12. The maximum Gasteiger partial charge on any atom is 0.122 e. The molecule has 2 rings (SSSR count). The first-order valence-corrected chi connectivity index (χ1v) is 6.34. The maximum absolute atomic E-state index is 9.82. The lowest BCUT2D eigenvalue weighted by Gasteiger charge is -2.14. The number of aliphatic hydroxyl groups excluding tert-OH is 1. The number of para-hydroxylation sites is 1. The largest absolute Gasteiger partial charge is 0.491 e. The molecule has 2 aromatic rings. The van der Waals surface area contributed by atoms with E-state index in [4.69, 9.17) is 9.15 Å².